The smallest absolute Gasteiger partial charge is 0.0546 e. The normalized spacial score (nSPS) is 11.9. The fourth-order valence-corrected chi connectivity index (χ4v) is 7.14. The summed E-state index contributed by atoms with van der Waals surface area (Å²) in [5.74, 6) is 0. The van der Waals surface area contributed by atoms with Gasteiger partial charge < -0.3 is 4.90 Å². The fourth-order valence-electron chi connectivity index (χ4n) is 7.14. The summed E-state index contributed by atoms with van der Waals surface area (Å²) in [5.41, 5.74) is 5.93. The van der Waals surface area contributed by atoms with E-state index < -0.39 is 0 Å². The second-order valence-corrected chi connectivity index (χ2v) is 11.7. The first-order valence-corrected chi connectivity index (χ1v) is 15.5. The van der Waals surface area contributed by atoms with Crippen LogP contribution in [0.25, 0.3) is 66.0 Å². The van der Waals surface area contributed by atoms with Gasteiger partial charge in [-0.05, 0) is 96.0 Å². The maximum atomic E-state index is 2.38. The molecule has 0 aliphatic carbocycles. The summed E-state index contributed by atoms with van der Waals surface area (Å²) in [6.07, 6.45) is 4.59. The molecule has 0 bridgehead atoms. The molecule has 9 aromatic rings. The lowest BCUT2D eigenvalue weighted by atomic mass is 9.90. The molecule has 0 fully saturated rings. The van der Waals surface area contributed by atoms with Gasteiger partial charge in [0.15, 0.2) is 0 Å². The van der Waals surface area contributed by atoms with Crippen molar-refractivity contribution in [2.24, 2.45) is 0 Å². The molecule has 0 aliphatic rings. The summed E-state index contributed by atoms with van der Waals surface area (Å²) < 4.78 is 0. The average molecular weight is 572 g/mol. The number of anilines is 3. The van der Waals surface area contributed by atoms with E-state index in [2.05, 4.69) is 181 Å². The minimum absolute atomic E-state index is 1.14. The van der Waals surface area contributed by atoms with E-state index in [-0.39, 0.29) is 0 Å². The highest BCUT2D eigenvalue weighted by Crippen LogP contribution is 2.45. The van der Waals surface area contributed by atoms with Crippen LogP contribution in [0.1, 0.15) is 11.1 Å². The largest absolute Gasteiger partial charge is 0.310 e. The van der Waals surface area contributed by atoms with Crippen LogP contribution in [-0.4, -0.2) is 0 Å². The standard InChI is InChI=1S/C44H29N/c1-3-14-35(15-4-1)45(36-16-5-2-6-17-36)42-29-34-25-23-30(39-27-26-31-13-11-21-41(42)43(31)44(34)39)22-24-33-28-32-12-7-8-18-37(32)40-20-10-9-19-38(33)40/h1-29H/b24-22+. The van der Waals surface area contributed by atoms with Crippen molar-refractivity contribution in [3.05, 3.63) is 175 Å². The first kappa shape index (κ1) is 25.6. The summed E-state index contributed by atoms with van der Waals surface area (Å²) >= 11 is 0. The van der Waals surface area contributed by atoms with Crippen LogP contribution in [0.5, 0.6) is 0 Å². The van der Waals surface area contributed by atoms with E-state index in [4.69, 9.17) is 0 Å². The number of rotatable bonds is 5. The molecule has 0 saturated heterocycles. The van der Waals surface area contributed by atoms with E-state index in [0.29, 0.717) is 0 Å². The van der Waals surface area contributed by atoms with Gasteiger partial charge in [0.2, 0.25) is 0 Å². The summed E-state index contributed by atoms with van der Waals surface area (Å²) in [5, 5.41) is 12.8. The van der Waals surface area contributed by atoms with Gasteiger partial charge >= 0.3 is 0 Å². The van der Waals surface area contributed by atoms with Crippen LogP contribution in [0, 0.1) is 0 Å². The molecule has 0 aliphatic heterocycles. The van der Waals surface area contributed by atoms with E-state index in [1.807, 2.05) is 0 Å². The third kappa shape index (κ3) is 4.17. The van der Waals surface area contributed by atoms with Gasteiger partial charge in [0.05, 0.1) is 5.69 Å². The minimum atomic E-state index is 1.14. The van der Waals surface area contributed by atoms with Crippen LogP contribution in [0.2, 0.25) is 0 Å². The van der Waals surface area contributed by atoms with Gasteiger partial charge in [-0.2, -0.15) is 0 Å². The van der Waals surface area contributed by atoms with E-state index in [0.717, 1.165) is 11.4 Å². The van der Waals surface area contributed by atoms with E-state index in [9.17, 15) is 0 Å². The van der Waals surface area contributed by atoms with Crippen molar-refractivity contribution >= 4 is 83.1 Å². The number of para-hydroxylation sites is 2. The van der Waals surface area contributed by atoms with Gasteiger partial charge in [0.25, 0.3) is 0 Å². The van der Waals surface area contributed by atoms with Crippen molar-refractivity contribution in [2.75, 3.05) is 4.90 Å². The number of fused-ring (bicyclic) bond motifs is 3. The first-order chi connectivity index (χ1) is 22.3. The van der Waals surface area contributed by atoms with Crippen molar-refractivity contribution in [3.8, 4) is 0 Å². The zero-order valence-corrected chi connectivity index (χ0v) is 24.7. The van der Waals surface area contributed by atoms with E-state index in [1.54, 1.807) is 0 Å². The molecule has 0 saturated carbocycles. The molecule has 45 heavy (non-hydrogen) atoms. The van der Waals surface area contributed by atoms with Crippen LogP contribution < -0.4 is 4.90 Å². The van der Waals surface area contributed by atoms with Gasteiger partial charge in [-0.3, -0.25) is 0 Å². The average Bonchev–Trinajstić information content (AvgIpc) is 3.11. The predicted octanol–water partition coefficient (Wildman–Crippen LogP) is 12.5. The summed E-state index contributed by atoms with van der Waals surface area (Å²) in [4.78, 5) is 2.38. The second-order valence-electron chi connectivity index (χ2n) is 11.7. The number of hydrogen-bond donors (Lipinski definition) is 0. The molecule has 0 aromatic heterocycles. The van der Waals surface area contributed by atoms with Gasteiger partial charge in [-0.25, -0.2) is 0 Å². The van der Waals surface area contributed by atoms with Crippen molar-refractivity contribution in [1.82, 2.24) is 0 Å². The molecule has 0 N–H and O–H groups in total. The van der Waals surface area contributed by atoms with Crippen molar-refractivity contribution in [1.29, 1.82) is 0 Å². The third-order valence-corrected chi connectivity index (χ3v) is 9.17. The lowest BCUT2D eigenvalue weighted by Gasteiger charge is -2.28. The van der Waals surface area contributed by atoms with Crippen molar-refractivity contribution in [2.45, 2.75) is 0 Å². The Kier molecular flexibility index (Phi) is 5.89. The van der Waals surface area contributed by atoms with Gasteiger partial charge in [0, 0.05) is 16.8 Å². The molecular weight excluding hydrogens is 542 g/mol. The highest BCUT2D eigenvalue weighted by molar-refractivity contribution is 6.28. The van der Waals surface area contributed by atoms with Gasteiger partial charge in [-0.1, -0.05) is 140 Å². The monoisotopic (exact) mass is 571 g/mol. The first-order valence-electron chi connectivity index (χ1n) is 15.5. The molecule has 0 heterocycles. The summed E-state index contributed by atoms with van der Waals surface area (Å²) in [6.45, 7) is 0. The molecule has 210 valence electrons. The molecule has 1 heteroatoms. The third-order valence-electron chi connectivity index (χ3n) is 9.17. The maximum absolute atomic E-state index is 2.38. The Morgan fingerprint density at radius 1 is 0.333 bits per heavy atom. The Labute approximate surface area is 262 Å². The topological polar surface area (TPSA) is 3.24 Å². The predicted molar refractivity (Wildman–Crippen MR) is 195 cm³/mol. The molecular formula is C44H29N. The van der Waals surface area contributed by atoms with Crippen molar-refractivity contribution in [3.63, 3.8) is 0 Å². The molecule has 0 atom stereocenters. The number of hydrogen-bond acceptors (Lipinski definition) is 1. The van der Waals surface area contributed by atoms with Crippen LogP contribution in [0.15, 0.2) is 164 Å². The Hall–Kier alpha value is -5.92. The lowest BCUT2D eigenvalue weighted by molar-refractivity contribution is 1.30. The van der Waals surface area contributed by atoms with Crippen LogP contribution in [0.3, 0.4) is 0 Å². The minimum Gasteiger partial charge on any atom is -0.310 e. The van der Waals surface area contributed by atoms with Crippen molar-refractivity contribution < 1.29 is 0 Å². The summed E-state index contributed by atoms with van der Waals surface area (Å²) in [6, 6.07) is 59.3. The molecule has 0 radical (unpaired) electrons. The van der Waals surface area contributed by atoms with Crippen LogP contribution in [0.4, 0.5) is 17.1 Å². The Morgan fingerprint density at radius 2 is 0.911 bits per heavy atom. The molecule has 1 nitrogen and oxygen atoms in total. The molecule has 0 amide bonds. The zero-order chi connectivity index (χ0) is 29.7. The van der Waals surface area contributed by atoms with E-state index >= 15 is 0 Å². The second kappa shape index (κ2) is 10.4. The van der Waals surface area contributed by atoms with Crippen LogP contribution in [-0.2, 0) is 0 Å². The fraction of sp³-hybridized carbons (Fsp3) is 0. The zero-order valence-electron chi connectivity index (χ0n) is 24.7. The quantitative estimate of drug-likeness (QED) is 0.147. The Morgan fingerprint density at radius 3 is 1.69 bits per heavy atom. The van der Waals surface area contributed by atoms with Gasteiger partial charge in [-0.15, -0.1) is 0 Å². The number of benzene rings is 9. The number of nitrogens with zero attached hydrogens (tertiary/aromatic N) is 1. The van der Waals surface area contributed by atoms with Crippen LogP contribution >= 0.6 is 0 Å². The molecule has 0 spiro atoms. The Bertz CT molecular complexity index is 2490. The van der Waals surface area contributed by atoms with Gasteiger partial charge in [0.1, 0.15) is 0 Å². The SMILES string of the molecule is C(=C\c1ccc2cc(N(c3ccccc3)c3ccccc3)c3cccc4ccc1c2c43)/c1cc2ccccc2c2ccccc12. The molecule has 0 unspecified atom stereocenters. The summed E-state index contributed by atoms with van der Waals surface area (Å²) in [7, 11) is 0. The van der Waals surface area contributed by atoms with E-state index in [1.165, 1.54) is 70.7 Å². The highest BCUT2D eigenvalue weighted by atomic mass is 15.1. The molecule has 9 rings (SSSR count). The highest BCUT2D eigenvalue weighted by Gasteiger charge is 2.19. The Balaban J connectivity index is 1.26. The lowest BCUT2D eigenvalue weighted by Crippen LogP contribution is -2.10. The maximum Gasteiger partial charge on any atom is 0.0546 e. The molecule has 9 aromatic carbocycles.